The highest BCUT2D eigenvalue weighted by Crippen LogP contribution is 2.19. The van der Waals surface area contributed by atoms with Gasteiger partial charge in [0.2, 0.25) is 5.91 Å². The van der Waals surface area contributed by atoms with Gasteiger partial charge in [0.05, 0.1) is 24.4 Å². The number of rotatable bonds is 3. The zero-order valence-corrected chi connectivity index (χ0v) is 10.3. The zero-order chi connectivity index (χ0) is 14.9. The summed E-state index contributed by atoms with van der Waals surface area (Å²) in [4.78, 5) is 13.1. The van der Waals surface area contributed by atoms with Gasteiger partial charge in [-0.1, -0.05) is 0 Å². The molecule has 1 aliphatic heterocycles. The summed E-state index contributed by atoms with van der Waals surface area (Å²) in [5, 5.41) is 20.7. The quantitative estimate of drug-likeness (QED) is 0.689. The summed E-state index contributed by atoms with van der Waals surface area (Å²) >= 11 is 0. The van der Waals surface area contributed by atoms with E-state index in [4.69, 9.17) is 0 Å². The van der Waals surface area contributed by atoms with Crippen LogP contribution in [0.25, 0.3) is 0 Å². The molecule has 0 aliphatic carbocycles. The number of nitrogens with one attached hydrogen (secondary N) is 1. The minimum atomic E-state index is -1.66. The minimum absolute atomic E-state index is 0.106. The predicted molar refractivity (Wildman–Crippen MR) is 63.4 cm³/mol. The van der Waals surface area contributed by atoms with Gasteiger partial charge in [-0.25, -0.2) is 13.2 Å². The maximum atomic E-state index is 13.3. The fraction of sp³-hybridized carbons (Fsp3) is 0.417. The van der Waals surface area contributed by atoms with E-state index in [1.54, 1.807) is 0 Å². The second-order valence-electron chi connectivity index (χ2n) is 4.60. The van der Waals surface area contributed by atoms with Gasteiger partial charge in [-0.15, -0.1) is 0 Å². The number of likely N-dealkylation sites (tertiary alicyclic amines) is 1. The van der Waals surface area contributed by atoms with Crippen molar-refractivity contribution in [2.45, 2.75) is 12.2 Å². The van der Waals surface area contributed by atoms with Crippen molar-refractivity contribution in [2.24, 2.45) is 0 Å². The highest BCUT2D eigenvalue weighted by Gasteiger charge is 2.30. The Balaban J connectivity index is 1.97. The lowest BCUT2D eigenvalue weighted by molar-refractivity contribution is -0.117. The summed E-state index contributed by atoms with van der Waals surface area (Å²) in [6.45, 7) is 0.0102. The number of hydrogen-bond donors (Lipinski definition) is 3. The van der Waals surface area contributed by atoms with Gasteiger partial charge in [-0.05, 0) is 12.1 Å². The Kier molecular flexibility index (Phi) is 4.26. The number of anilines is 1. The predicted octanol–water partition coefficient (Wildman–Crippen LogP) is 0.0798. The van der Waals surface area contributed by atoms with Crippen LogP contribution in [0.1, 0.15) is 0 Å². The van der Waals surface area contributed by atoms with Gasteiger partial charge in [-0.3, -0.25) is 9.69 Å². The highest BCUT2D eigenvalue weighted by atomic mass is 19.2. The van der Waals surface area contributed by atoms with Crippen LogP contribution in [0.15, 0.2) is 12.1 Å². The number of carbonyl (C=O) groups is 1. The van der Waals surface area contributed by atoms with E-state index >= 15 is 0 Å². The topological polar surface area (TPSA) is 72.8 Å². The van der Waals surface area contributed by atoms with Crippen molar-refractivity contribution in [1.29, 1.82) is 0 Å². The molecule has 0 radical (unpaired) electrons. The standard InChI is InChI=1S/C12H13F3N2O3/c13-6-1-2-7(12(15)11(6)14)16-10(20)5-17-3-8(18)9(19)4-17/h1-2,8-9,18-19H,3-5H2,(H,16,20)/t8-,9+. The lowest BCUT2D eigenvalue weighted by Crippen LogP contribution is -2.32. The van der Waals surface area contributed by atoms with E-state index in [1.807, 2.05) is 0 Å². The summed E-state index contributed by atoms with van der Waals surface area (Å²) in [5.74, 6) is -5.13. The first kappa shape index (κ1) is 14.8. The normalized spacial score (nSPS) is 23.1. The molecule has 1 heterocycles. The number of benzene rings is 1. The first-order valence-corrected chi connectivity index (χ1v) is 5.90. The summed E-state index contributed by atoms with van der Waals surface area (Å²) in [5.41, 5.74) is -0.464. The monoisotopic (exact) mass is 290 g/mol. The molecule has 1 aliphatic rings. The van der Waals surface area contributed by atoms with Crippen LogP contribution in [0, 0.1) is 17.5 Å². The van der Waals surface area contributed by atoms with Gasteiger partial charge in [-0.2, -0.15) is 0 Å². The molecule has 0 spiro atoms. The fourth-order valence-electron chi connectivity index (χ4n) is 1.99. The molecule has 0 bridgehead atoms. The summed E-state index contributed by atoms with van der Waals surface area (Å²) in [6, 6.07) is 1.62. The SMILES string of the molecule is O=C(CN1C[C@@H](O)[C@@H](O)C1)Nc1ccc(F)c(F)c1F. The van der Waals surface area contributed by atoms with Crippen LogP contribution in [0.5, 0.6) is 0 Å². The second kappa shape index (κ2) is 5.78. The highest BCUT2D eigenvalue weighted by molar-refractivity contribution is 5.92. The van der Waals surface area contributed by atoms with Crippen LogP contribution >= 0.6 is 0 Å². The Morgan fingerprint density at radius 3 is 2.40 bits per heavy atom. The van der Waals surface area contributed by atoms with Gasteiger partial charge < -0.3 is 15.5 Å². The maximum Gasteiger partial charge on any atom is 0.238 e. The van der Waals surface area contributed by atoms with Crippen molar-refractivity contribution >= 4 is 11.6 Å². The molecule has 1 amide bonds. The van der Waals surface area contributed by atoms with Gasteiger partial charge in [0, 0.05) is 13.1 Å². The van der Waals surface area contributed by atoms with E-state index in [9.17, 15) is 28.2 Å². The van der Waals surface area contributed by atoms with Crippen LogP contribution < -0.4 is 5.32 Å². The van der Waals surface area contributed by atoms with E-state index in [0.29, 0.717) is 6.07 Å². The second-order valence-corrected chi connectivity index (χ2v) is 4.60. The van der Waals surface area contributed by atoms with Crippen molar-refractivity contribution in [2.75, 3.05) is 25.0 Å². The van der Waals surface area contributed by atoms with Crippen LogP contribution in [0.4, 0.5) is 18.9 Å². The number of nitrogens with zero attached hydrogens (tertiary/aromatic N) is 1. The van der Waals surface area contributed by atoms with E-state index in [1.165, 1.54) is 4.90 Å². The van der Waals surface area contributed by atoms with E-state index in [2.05, 4.69) is 5.32 Å². The Bertz CT molecular complexity index is 517. The summed E-state index contributed by atoms with van der Waals surface area (Å²) in [6.07, 6.45) is -1.88. The van der Waals surface area contributed by atoms with Crippen molar-refractivity contribution in [3.05, 3.63) is 29.6 Å². The molecule has 1 saturated heterocycles. The molecule has 1 fully saturated rings. The van der Waals surface area contributed by atoms with Crippen molar-refractivity contribution in [3.63, 3.8) is 0 Å². The summed E-state index contributed by atoms with van der Waals surface area (Å²) < 4.78 is 39.0. The molecule has 3 N–H and O–H groups in total. The fourth-order valence-corrected chi connectivity index (χ4v) is 1.99. The molecular formula is C12H13F3N2O3. The van der Waals surface area contributed by atoms with E-state index < -0.39 is 41.3 Å². The minimum Gasteiger partial charge on any atom is -0.389 e. The maximum absolute atomic E-state index is 13.3. The third-order valence-corrected chi connectivity index (χ3v) is 3.01. The van der Waals surface area contributed by atoms with E-state index in [-0.39, 0.29) is 19.6 Å². The molecule has 8 heteroatoms. The number of halogens is 3. The van der Waals surface area contributed by atoms with Crippen molar-refractivity contribution in [1.82, 2.24) is 4.90 Å². The van der Waals surface area contributed by atoms with Crippen molar-refractivity contribution in [3.8, 4) is 0 Å². The molecular weight excluding hydrogens is 277 g/mol. The van der Waals surface area contributed by atoms with Gasteiger partial charge in [0.15, 0.2) is 17.5 Å². The molecule has 5 nitrogen and oxygen atoms in total. The Hall–Kier alpha value is -1.64. The van der Waals surface area contributed by atoms with Crippen LogP contribution in [-0.4, -0.2) is 52.9 Å². The average molecular weight is 290 g/mol. The third kappa shape index (κ3) is 3.09. The number of aliphatic hydroxyl groups is 2. The molecule has 0 saturated carbocycles. The first-order valence-electron chi connectivity index (χ1n) is 5.90. The number of hydrogen-bond acceptors (Lipinski definition) is 4. The Morgan fingerprint density at radius 2 is 1.80 bits per heavy atom. The molecule has 0 unspecified atom stereocenters. The zero-order valence-electron chi connectivity index (χ0n) is 10.3. The van der Waals surface area contributed by atoms with Crippen LogP contribution in [0.3, 0.4) is 0 Å². The van der Waals surface area contributed by atoms with Crippen molar-refractivity contribution < 1.29 is 28.2 Å². The molecule has 2 atom stereocenters. The number of amides is 1. The lowest BCUT2D eigenvalue weighted by Gasteiger charge is -2.14. The molecule has 2 rings (SSSR count). The smallest absolute Gasteiger partial charge is 0.238 e. The number of β-amino-alcohol motifs (C(OH)–C–C–N with tert-alkyl or cyclic N) is 2. The van der Waals surface area contributed by atoms with Gasteiger partial charge >= 0.3 is 0 Å². The Morgan fingerprint density at radius 1 is 1.20 bits per heavy atom. The molecule has 0 aromatic heterocycles. The molecule has 1 aromatic carbocycles. The van der Waals surface area contributed by atoms with Gasteiger partial charge in [0.1, 0.15) is 0 Å². The Labute approximate surface area is 112 Å². The van der Waals surface area contributed by atoms with Gasteiger partial charge in [0.25, 0.3) is 0 Å². The molecule has 1 aromatic rings. The molecule has 110 valence electrons. The van der Waals surface area contributed by atoms with E-state index in [0.717, 1.165) is 6.07 Å². The average Bonchev–Trinajstić information content (AvgIpc) is 2.69. The molecule has 20 heavy (non-hydrogen) atoms. The largest absolute Gasteiger partial charge is 0.389 e. The number of aliphatic hydroxyl groups excluding tert-OH is 2. The number of carbonyl (C=O) groups excluding carboxylic acids is 1. The van der Waals surface area contributed by atoms with Crippen LogP contribution in [-0.2, 0) is 4.79 Å². The lowest BCUT2D eigenvalue weighted by atomic mass is 10.2. The van der Waals surface area contributed by atoms with Crippen LogP contribution in [0.2, 0.25) is 0 Å². The summed E-state index contributed by atoms with van der Waals surface area (Å²) in [7, 11) is 0. The first-order chi connectivity index (χ1) is 9.38. The third-order valence-electron chi connectivity index (χ3n) is 3.01.